The van der Waals surface area contributed by atoms with Gasteiger partial charge in [0.1, 0.15) is 0 Å². The van der Waals surface area contributed by atoms with Crippen molar-refractivity contribution in [2.24, 2.45) is 11.5 Å². The number of para-hydroxylation sites is 1. The van der Waals surface area contributed by atoms with Crippen molar-refractivity contribution in [3.05, 3.63) is 64.8 Å². The molecule has 2 heterocycles. The van der Waals surface area contributed by atoms with Gasteiger partial charge >= 0.3 is 12.1 Å². The molecule has 9 heteroatoms. The summed E-state index contributed by atoms with van der Waals surface area (Å²) < 4.78 is 1.27. The Hall–Kier alpha value is -3.36. The van der Waals surface area contributed by atoms with E-state index in [1.165, 1.54) is 15.7 Å². The van der Waals surface area contributed by atoms with E-state index in [2.05, 4.69) is 5.32 Å². The molecule has 4 rings (SSSR count). The number of Topliss-reactive ketones (excluding diaryl/α,β-unsaturated/α-hetero) is 1. The molecule has 3 aromatic rings. The highest BCUT2D eigenvalue weighted by molar-refractivity contribution is 6.30. The molecule has 33 heavy (non-hydrogen) atoms. The van der Waals surface area contributed by atoms with Gasteiger partial charge in [0.2, 0.25) is 0 Å². The zero-order valence-corrected chi connectivity index (χ0v) is 19.0. The van der Waals surface area contributed by atoms with Crippen molar-refractivity contribution in [2.45, 2.75) is 38.3 Å². The van der Waals surface area contributed by atoms with Gasteiger partial charge in [-0.25, -0.2) is 9.59 Å². The number of anilines is 1. The first-order valence-electron chi connectivity index (χ1n) is 10.8. The van der Waals surface area contributed by atoms with Gasteiger partial charge in [-0.15, -0.1) is 0 Å². The van der Waals surface area contributed by atoms with Gasteiger partial charge in [0.15, 0.2) is 5.78 Å². The minimum Gasteiger partial charge on any atom is -0.351 e. The normalized spacial score (nSPS) is 18.0. The number of rotatable bonds is 5. The molecule has 0 spiro atoms. The fraction of sp³-hybridized carbons (Fsp3) is 0.292. The SMILES string of the molecule is Cc1ccc(Cl)cc1CCC(=O)[C@@H]1C[C@H](N)CN1C(=O)Nc1cn(C(N)=O)c2ccccc12. The highest BCUT2D eigenvalue weighted by Crippen LogP contribution is 2.28. The minimum absolute atomic E-state index is 0.0444. The van der Waals surface area contributed by atoms with Gasteiger partial charge in [0.25, 0.3) is 0 Å². The summed E-state index contributed by atoms with van der Waals surface area (Å²) in [5, 5.41) is 4.13. The Bertz CT molecular complexity index is 1240. The average molecular weight is 468 g/mol. The standard InChI is InChI=1S/C24H26ClN5O3/c1-14-6-8-16(25)10-15(14)7-9-22(31)21-11-17(26)12-30(21)24(33)28-19-13-29(23(27)32)20-5-3-2-4-18(19)20/h2-6,8,10,13,17,21H,7,9,11-12,26H2,1H3,(H2,27,32)(H,28,33)/t17-,21-/m0/s1. The van der Waals surface area contributed by atoms with Crippen LogP contribution in [-0.2, 0) is 11.2 Å². The van der Waals surface area contributed by atoms with Crippen molar-refractivity contribution in [1.29, 1.82) is 0 Å². The number of hydrogen-bond acceptors (Lipinski definition) is 4. The number of halogens is 1. The number of likely N-dealkylation sites (tertiary alicyclic amines) is 1. The van der Waals surface area contributed by atoms with Crippen LogP contribution in [0.15, 0.2) is 48.7 Å². The van der Waals surface area contributed by atoms with E-state index in [1.807, 2.05) is 25.1 Å². The number of nitrogens with zero attached hydrogens (tertiary/aromatic N) is 2. The van der Waals surface area contributed by atoms with Crippen LogP contribution < -0.4 is 16.8 Å². The third-order valence-corrected chi connectivity index (χ3v) is 6.34. The predicted molar refractivity (Wildman–Crippen MR) is 129 cm³/mol. The number of carbonyl (C=O) groups is 3. The molecule has 0 saturated carbocycles. The van der Waals surface area contributed by atoms with Crippen molar-refractivity contribution < 1.29 is 14.4 Å². The number of fused-ring (bicyclic) bond motifs is 1. The van der Waals surface area contributed by atoms with Gasteiger partial charge in [-0.05, 0) is 49.1 Å². The van der Waals surface area contributed by atoms with Crippen LogP contribution in [0, 0.1) is 6.92 Å². The third-order valence-electron chi connectivity index (χ3n) is 6.11. The summed E-state index contributed by atoms with van der Waals surface area (Å²) in [7, 11) is 0. The molecule has 5 N–H and O–H groups in total. The van der Waals surface area contributed by atoms with E-state index in [-0.39, 0.29) is 24.8 Å². The second-order valence-corrected chi connectivity index (χ2v) is 8.84. The van der Waals surface area contributed by atoms with Gasteiger partial charge in [-0.2, -0.15) is 0 Å². The van der Waals surface area contributed by atoms with E-state index in [1.54, 1.807) is 24.3 Å². The summed E-state index contributed by atoms with van der Waals surface area (Å²) in [5.41, 5.74) is 14.7. The number of amides is 3. The van der Waals surface area contributed by atoms with Crippen molar-refractivity contribution in [1.82, 2.24) is 9.47 Å². The van der Waals surface area contributed by atoms with Gasteiger partial charge in [-0.3, -0.25) is 9.36 Å². The zero-order valence-electron chi connectivity index (χ0n) is 18.3. The Balaban J connectivity index is 1.50. The van der Waals surface area contributed by atoms with Gasteiger partial charge in [0.05, 0.1) is 17.2 Å². The smallest absolute Gasteiger partial charge is 0.323 e. The molecule has 0 radical (unpaired) electrons. The molecule has 1 aliphatic heterocycles. The second kappa shape index (κ2) is 9.25. The number of ketones is 1. The highest BCUT2D eigenvalue weighted by atomic mass is 35.5. The number of primary amides is 1. The lowest BCUT2D eigenvalue weighted by Crippen LogP contribution is -2.43. The molecular formula is C24H26ClN5O3. The Morgan fingerprint density at radius 3 is 2.70 bits per heavy atom. The van der Waals surface area contributed by atoms with Crippen LogP contribution >= 0.6 is 11.6 Å². The number of urea groups is 1. The van der Waals surface area contributed by atoms with Gasteiger partial charge in [-0.1, -0.05) is 35.9 Å². The number of hydrogen-bond donors (Lipinski definition) is 3. The van der Waals surface area contributed by atoms with E-state index in [0.29, 0.717) is 34.5 Å². The number of carbonyl (C=O) groups excluding carboxylic acids is 3. The number of aromatic nitrogens is 1. The Morgan fingerprint density at radius 1 is 1.18 bits per heavy atom. The molecule has 0 unspecified atom stereocenters. The van der Waals surface area contributed by atoms with Crippen molar-refractivity contribution in [3.63, 3.8) is 0 Å². The molecule has 172 valence electrons. The van der Waals surface area contributed by atoms with Crippen LogP contribution in [0.25, 0.3) is 10.9 Å². The monoisotopic (exact) mass is 467 g/mol. The molecule has 1 saturated heterocycles. The van der Waals surface area contributed by atoms with Gasteiger partial charge < -0.3 is 21.7 Å². The summed E-state index contributed by atoms with van der Waals surface area (Å²) in [6, 6.07) is 10.7. The van der Waals surface area contributed by atoms with E-state index in [0.717, 1.165) is 11.1 Å². The largest absolute Gasteiger partial charge is 0.351 e. The van der Waals surface area contributed by atoms with E-state index >= 15 is 0 Å². The molecular weight excluding hydrogens is 442 g/mol. The van der Waals surface area contributed by atoms with Crippen LogP contribution in [0.4, 0.5) is 15.3 Å². The maximum absolute atomic E-state index is 13.1. The molecule has 0 aliphatic carbocycles. The maximum atomic E-state index is 13.1. The first-order chi connectivity index (χ1) is 15.7. The molecule has 8 nitrogen and oxygen atoms in total. The van der Waals surface area contributed by atoms with Crippen molar-refractivity contribution >= 4 is 46.0 Å². The van der Waals surface area contributed by atoms with Crippen LogP contribution in [0.2, 0.25) is 5.02 Å². The van der Waals surface area contributed by atoms with Gasteiger partial charge in [0, 0.05) is 35.6 Å². The molecule has 2 atom stereocenters. The molecule has 1 fully saturated rings. The third kappa shape index (κ3) is 4.72. The fourth-order valence-electron chi connectivity index (χ4n) is 4.38. The predicted octanol–water partition coefficient (Wildman–Crippen LogP) is 3.67. The zero-order chi connectivity index (χ0) is 23.7. The van der Waals surface area contributed by atoms with E-state index in [9.17, 15) is 14.4 Å². The van der Waals surface area contributed by atoms with Crippen molar-refractivity contribution in [3.8, 4) is 0 Å². The Morgan fingerprint density at radius 2 is 1.94 bits per heavy atom. The maximum Gasteiger partial charge on any atom is 0.323 e. The summed E-state index contributed by atoms with van der Waals surface area (Å²) >= 11 is 6.09. The number of nitrogens with one attached hydrogen (secondary N) is 1. The summed E-state index contributed by atoms with van der Waals surface area (Å²) in [6.07, 6.45) is 2.71. The van der Waals surface area contributed by atoms with Crippen LogP contribution in [-0.4, -0.2) is 45.9 Å². The summed E-state index contributed by atoms with van der Waals surface area (Å²) in [5.74, 6) is -0.0444. The van der Waals surface area contributed by atoms with Crippen LogP contribution in [0.1, 0.15) is 24.0 Å². The Labute approximate surface area is 196 Å². The molecule has 2 aromatic carbocycles. The summed E-state index contributed by atoms with van der Waals surface area (Å²) in [4.78, 5) is 39.5. The minimum atomic E-state index is -0.653. The molecule has 3 amide bonds. The first-order valence-corrected chi connectivity index (χ1v) is 11.1. The lowest BCUT2D eigenvalue weighted by Gasteiger charge is -2.24. The lowest BCUT2D eigenvalue weighted by molar-refractivity contribution is -0.122. The number of aryl methyl sites for hydroxylation is 2. The molecule has 1 aromatic heterocycles. The highest BCUT2D eigenvalue weighted by Gasteiger charge is 2.38. The number of nitrogens with two attached hydrogens (primary N) is 2. The van der Waals surface area contributed by atoms with Crippen LogP contribution in [0.5, 0.6) is 0 Å². The first kappa shape index (κ1) is 22.8. The van der Waals surface area contributed by atoms with Crippen molar-refractivity contribution in [2.75, 3.05) is 11.9 Å². The Kier molecular flexibility index (Phi) is 6.40. The van der Waals surface area contributed by atoms with E-state index in [4.69, 9.17) is 23.1 Å². The lowest BCUT2D eigenvalue weighted by atomic mass is 9.98. The van der Waals surface area contributed by atoms with Crippen LogP contribution in [0.3, 0.4) is 0 Å². The fourth-order valence-corrected chi connectivity index (χ4v) is 4.58. The number of benzene rings is 2. The van der Waals surface area contributed by atoms with E-state index < -0.39 is 18.1 Å². The summed E-state index contributed by atoms with van der Waals surface area (Å²) in [6.45, 7) is 2.25. The topological polar surface area (TPSA) is 123 Å². The molecule has 0 bridgehead atoms. The second-order valence-electron chi connectivity index (χ2n) is 8.40. The quantitative estimate of drug-likeness (QED) is 0.529. The molecule has 1 aliphatic rings. The average Bonchev–Trinajstić information content (AvgIpc) is 3.35.